The molecule has 1 atom stereocenters. The molecule has 160 valence electrons. The molecule has 0 radical (unpaired) electrons. The SMILES string of the molecule is COC(=O)c1ccc([C@H]2c3c(oc4ccc(C)cc4c3=O)C(=O)N2c2nnc(C)s2)cc1. The van der Waals surface area contributed by atoms with E-state index in [1.54, 1.807) is 43.3 Å². The molecule has 5 rings (SSSR count). The van der Waals surface area contributed by atoms with Gasteiger partial charge in [0.1, 0.15) is 10.6 Å². The summed E-state index contributed by atoms with van der Waals surface area (Å²) in [7, 11) is 1.31. The van der Waals surface area contributed by atoms with Gasteiger partial charge in [0.2, 0.25) is 10.9 Å². The van der Waals surface area contributed by atoms with E-state index in [-0.39, 0.29) is 16.8 Å². The van der Waals surface area contributed by atoms with Crippen LogP contribution in [0.4, 0.5) is 5.13 Å². The van der Waals surface area contributed by atoms with Crippen LogP contribution in [0.2, 0.25) is 0 Å². The number of esters is 1. The lowest BCUT2D eigenvalue weighted by atomic mass is 9.97. The van der Waals surface area contributed by atoms with Gasteiger partial charge in [-0.25, -0.2) is 4.79 Å². The molecule has 0 saturated carbocycles. The van der Waals surface area contributed by atoms with Crippen LogP contribution in [0.15, 0.2) is 51.7 Å². The summed E-state index contributed by atoms with van der Waals surface area (Å²) in [5, 5.41) is 9.62. The Bertz CT molecular complexity index is 1460. The van der Waals surface area contributed by atoms with Crippen molar-refractivity contribution < 1.29 is 18.7 Å². The maximum absolute atomic E-state index is 13.6. The molecule has 3 heterocycles. The first-order valence-electron chi connectivity index (χ1n) is 9.78. The van der Waals surface area contributed by atoms with E-state index in [4.69, 9.17) is 9.15 Å². The number of ether oxygens (including phenoxy) is 1. The molecule has 0 unspecified atom stereocenters. The number of hydrogen-bond acceptors (Lipinski definition) is 8. The Morgan fingerprint density at radius 1 is 1.09 bits per heavy atom. The molecule has 0 aliphatic carbocycles. The van der Waals surface area contributed by atoms with Crippen LogP contribution in [0.5, 0.6) is 0 Å². The van der Waals surface area contributed by atoms with Gasteiger partial charge in [-0.2, -0.15) is 0 Å². The Kier molecular flexibility index (Phi) is 4.63. The summed E-state index contributed by atoms with van der Waals surface area (Å²) >= 11 is 1.25. The van der Waals surface area contributed by atoms with E-state index in [0.29, 0.717) is 32.2 Å². The van der Waals surface area contributed by atoms with Gasteiger partial charge in [-0.1, -0.05) is 35.1 Å². The number of hydrogen-bond donors (Lipinski definition) is 0. The van der Waals surface area contributed by atoms with E-state index in [1.165, 1.54) is 23.3 Å². The van der Waals surface area contributed by atoms with Crippen molar-refractivity contribution >= 4 is 39.3 Å². The van der Waals surface area contributed by atoms with E-state index in [1.807, 2.05) is 13.0 Å². The fraction of sp³-hybridized carbons (Fsp3) is 0.174. The van der Waals surface area contributed by atoms with Crippen molar-refractivity contribution in [3.05, 3.63) is 85.7 Å². The number of nitrogens with zero attached hydrogens (tertiary/aromatic N) is 3. The zero-order valence-corrected chi connectivity index (χ0v) is 18.2. The highest BCUT2D eigenvalue weighted by Crippen LogP contribution is 2.42. The van der Waals surface area contributed by atoms with Gasteiger partial charge < -0.3 is 9.15 Å². The molecule has 1 aliphatic rings. The third-order valence-electron chi connectivity index (χ3n) is 5.39. The highest BCUT2D eigenvalue weighted by atomic mass is 32.1. The average molecular weight is 447 g/mol. The van der Waals surface area contributed by atoms with Crippen molar-refractivity contribution in [3.8, 4) is 0 Å². The van der Waals surface area contributed by atoms with E-state index in [2.05, 4.69) is 10.2 Å². The number of amides is 1. The Morgan fingerprint density at radius 2 is 1.84 bits per heavy atom. The van der Waals surface area contributed by atoms with Crippen LogP contribution in [0, 0.1) is 13.8 Å². The van der Waals surface area contributed by atoms with Crippen LogP contribution in [0.1, 0.15) is 48.7 Å². The van der Waals surface area contributed by atoms with E-state index in [9.17, 15) is 14.4 Å². The maximum Gasteiger partial charge on any atom is 0.337 e. The second kappa shape index (κ2) is 7.38. The van der Waals surface area contributed by atoms with Gasteiger partial charge in [0.25, 0.3) is 5.91 Å². The van der Waals surface area contributed by atoms with Crippen molar-refractivity contribution in [1.29, 1.82) is 0 Å². The van der Waals surface area contributed by atoms with Gasteiger partial charge in [0, 0.05) is 0 Å². The highest BCUT2D eigenvalue weighted by molar-refractivity contribution is 7.15. The van der Waals surface area contributed by atoms with E-state index in [0.717, 1.165) is 5.56 Å². The minimum absolute atomic E-state index is 0.0127. The van der Waals surface area contributed by atoms with Crippen LogP contribution in [-0.2, 0) is 4.74 Å². The zero-order valence-electron chi connectivity index (χ0n) is 17.4. The lowest BCUT2D eigenvalue weighted by Gasteiger charge is -2.22. The molecule has 1 aliphatic heterocycles. The van der Waals surface area contributed by atoms with Gasteiger partial charge in [0.15, 0.2) is 5.43 Å². The quantitative estimate of drug-likeness (QED) is 0.440. The number of benzene rings is 2. The van der Waals surface area contributed by atoms with Gasteiger partial charge >= 0.3 is 5.97 Å². The molecule has 4 aromatic rings. The number of carbonyl (C=O) groups is 2. The van der Waals surface area contributed by atoms with Gasteiger partial charge in [-0.15, -0.1) is 10.2 Å². The lowest BCUT2D eigenvalue weighted by molar-refractivity contribution is 0.0600. The second-order valence-electron chi connectivity index (χ2n) is 7.47. The maximum atomic E-state index is 13.6. The van der Waals surface area contributed by atoms with Gasteiger partial charge in [0.05, 0.1) is 29.7 Å². The van der Waals surface area contributed by atoms with Crippen molar-refractivity contribution in [2.24, 2.45) is 0 Å². The Balaban J connectivity index is 1.76. The van der Waals surface area contributed by atoms with Crippen LogP contribution in [-0.4, -0.2) is 29.2 Å². The molecule has 0 spiro atoms. The summed E-state index contributed by atoms with van der Waals surface area (Å²) in [6.07, 6.45) is 0. The molecule has 32 heavy (non-hydrogen) atoms. The first kappa shape index (κ1) is 20.1. The molecule has 9 heteroatoms. The normalized spacial score (nSPS) is 15.3. The Hall–Kier alpha value is -3.85. The van der Waals surface area contributed by atoms with Crippen molar-refractivity contribution in [2.45, 2.75) is 19.9 Å². The number of rotatable bonds is 3. The smallest absolute Gasteiger partial charge is 0.337 e. The number of fused-ring (bicyclic) bond motifs is 2. The monoisotopic (exact) mass is 447 g/mol. The third kappa shape index (κ3) is 3.01. The summed E-state index contributed by atoms with van der Waals surface area (Å²) in [5.41, 5.74) is 2.22. The fourth-order valence-corrected chi connectivity index (χ4v) is 4.62. The number of carbonyl (C=O) groups excluding carboxylic acids is 2. The standard InChI is InChI=1S/C23H17N3O5S/c1-11-4-9-16-15(10-11)19(27)17-18(13-5-7-14(8-6-13)22(29)30-3)26(21(28)20(17)31-16)23-25-24-12(2)32-23/h4-10,18H,1-3H3/t18-/m0/s1. The van der Waals surface area contributed by atoms with E-state index < -0.39 is 17.9 Å². The largest absolute Gasteiger partial charge is 0.465 e. The minimum Gasteiger partial charge on any atom is -0.465 e. The molecule has 1 amide bonds. The van der Waals surface area contributed by atoms with E-state index >= 15 is 0 Å². The summed E-state index contributed by atoms with van der Waals surface area (Å²) in [4.78, 5) is 40.3. The predicted octanol–water partition coefficient (Wildman–Crippen LogP) is 3.80. The molecule has 0 N–H and O–H groups in total. The fourth-order valence-electron chi connectivity index (χ4n) is 3.90. The minimum atomic E-state index is -0.766. The van der Waals surface area contributed by atoms with Crippen LogP contribution in [0.3, 0.4) is 0 Å². The number of methoxy groups -OCH3 is 1. The van der Waals surface area contributed by atoms with Crippen molar-refractivity contribution in [2.75, 3.05) is 12.0 Å². The summed E-state index contributed by atoms with van der Waals surface area (Å²) < 4.78 is 10.7. The summed E-state index contributed by atoms with van der Waals surface area (Å²) in [5.74, 6) is -0.948. The lowest BCUT2D eigenvalue weighted by Crippen LogP contribution is -2.29. The predicted molar refractivity (Wildman–Crippen MR) is 118 cm³/mol. The number of aryl methyl sites for hydroxylation is 2. The highest BCUT2D eigenvalue weighted by Gasteiger charge is 2.45. The number of aromatic nitrogens is 2. The molecule has 2 aromatic heterocycles. The van der Waals surface area contributed by atoms with Crippen molar-refractivity contribution in [3.63, 3.8) is 0 Å². The molecule has 0 fully saturated rings. The molecule has 0 saturated heterocycles. The first-order chi connectivity index (χ1) is 15.4. The number of anilines is 1. The third-order valence-corrected chi connectivity index (χ3v) is 6.23. The second-order valence-corrected chi connectivity index (χ2v) is 8.63. The molecular weight excluding hydrogens is 430 g/mol. The Labute approximate surface area is 186 Å². The van der Waals surface area contributed by atoms with Crippen LogP contribution in [0.25, 0.3) is 11.0 Å². The zero-order chi connectivity index (χ0) is 22.6. The molecule has 2 aromatic carbocycles. The van der Waals surface area contributed by atoms with Gasteiger partial charge in [-0.05, 0) is 43.7 Å². The topological polar surface area (TPSA) is 103 Å². The first-order valence-corrected chi connectivity index (χ1v) is 10.6. The summed E-state index contributed by atoms with van der Waals surface area (Å²) in [6, 6.07) is 11.1. The molecule has 0 bridgehead atoms. The molecular formula is C23H17N3O5S. The van der Waals surface area contributed by atoms with Gasteiger partial charge in [-0.3, -0.25) is 14.5 Å². The average Bonchev–Trinajstić information content (AvgIpc) is 3.35. The summed E-state index contributed by atoms with van der Waals surface area (Å²) in [6.45, 7) is 3.67. The van der Waals surface area contributed by atoms with Crippen molar-refractivity contribution in [1.82, 2.24) is 10.2 Å². The van der Waals surface area contributed by atoms with Crippen LogP contribution < -0.4 is 10.3 Å². The molecule has 8 nitrogen and oxygen atoms in total. The Morgan fingerprint density at radius 3 is 2.50 bits per heavy atom. The van der Waals surface area contributed by atoms with Crippen LogP contribution >= 0.6 is 11.3 Å².